The highest BCUT2D eigenvalue weighted by Crippen LogP contribution is 2.36. The van der Waals surface area contributed by atoms with E-state index in [1.807, 2.05) is 18.2 Å². The molecular formula is C13H16N4O3S. The molecule has 3 rings (SSSR count). The van der Waals surface area contributed by atoms with Gasteiger partial charge in [0.2, 0.25) is 15.4 Å². The molecule has 2 atom stereocenters. The quantitative estimate of drug-likeness (QED) is 0.824. The van der Waals surface area contributed by atoms with Crippen molar-refractivity contribution in [3.05, 3.63) is 29.3 Å². The Bertz CT molecular complexity index is 740. The fraction of sp³-hybridized carbons (Fsp3) is 0.385. The number of ether oxygens (including phenoxy) is 1. The molecule has 2 heterocycles. The van der Waals surface area contributed by atoms with Crippen molar-refractivity contribution in [2.75, 3.05) is 19.8 Å². The molecule has 0 aliphatic carbocycles. The third-order valence-electron chi connectivity index (χ3n) is 3.57. The molecule has 8 heteroatoms. The van der Waals surface area contributed by atoms with Gasteiger partial charge in [-0.3, -0.25) is 0 Å². The Morgan fingerprint density at radius 2 is 2.14 bits per heavy atom. The molecule has 0 aromatic heterocycles. The molecule has 0 bridgehead atoms. The van der Waals surface area contributed by atoms with Crippen molar-refractivity contribution in [2.45, 2.75) is 18.1 Å². The van der Waals surface area contributed by atoms with E-state index in [2.05, 4.69) is 9.98 Å². The number of sulfonamides is 1. The molecule has 2 aliphatic rings. The van der Waals surface area contributed by atoms with Gasteiger partial charge < -0.3 is 10.5 Å². The Balaban J connectivity index is 1.93. The first-order chi connectivity index (χ1) is 9.91. The molecular weight excluding hydrogens is 292 g/mol. The van der Waals surface area contributed by atoms with Crippen LogP contribution in [0.25, 0.3) is 0 Å². The second-order valence-corrected chi connectivity index (χ2v) is 7.33. The van der Waals surface area contributed by atoms with Crippen LogP contribution in [0.1, 0.15) is 17.2 Å². The van der Waals surface area contributed by atoms with Crippen LogP contribution < -0.4 is 5.73 Å². The summed E-state index contributed by atoms with van der Waals surface area (Å²) >= 11 is 0. The largest absolute Gasteiger partial charge is 0.398 e. The lowest BCUT2D eigenvalue weighted by Crippen LogP contribution is -2.32. The SMILES string of the molecule is CN(C)S(=O)(=O)C1C=NC(C2OCc3c(N)cccc32)=N1. The van der Waals surface area contributed by atoms with Crippen molar-refractivity contribution in [2.24, 2.45) is 9.98 Å². The molecule has 2 aliphatic heterocycles. The van der Waals surface area contributed by atoms with E-state index in [1.54, 1.807) is 0 Å². The fourth-order valence-corrected chi connectivity index (χ4v) is 3.23. The van der Waals surface area contributed by atoms with Crippen LogP contribution >= 0.6 is 0 Å². The standard InChI is InChI=1S/C13H16N4O3S/c1-17(2)21(18,19)11-6-15-13(16-11)12-8-4-3-5-10(14)9(8)7-20-12/h3-6,11-12H,7,14H2,1-2H3. The normalized spacial score (nSPS) is 24.4. The number of hydrogen-bond acceptors (Lipinski definition) is 6. The van der Waals surface area contributed by atoms with Gasteiger partial charge in [-0.2, -0.15) is 0 Å². The highest BCUT2D eigenvalue weighted by Gasteiger charge is 2.35. The van der Waals surface area contributed by atoms with E-state index in [9.17, 15) is 8.42 Å². The van der Waals surface area contributed by atoms with Crippen LogP contribution in [0, 0.1) is 0 Å². The minimum Gasteiger partial charge on any atom is -0.398 e. The van der Waals surface area contributed by atoms with Crippen molar-refractivity contribution in [3.8, 4) is 0 Å². The topological polar surface area (TPSA) is 97.3 Å². The molecule has 2 N–H and O–H groups in total. The van der Waals surface area contributed by atoms with Gasteiger partial charge in [0.15, 0.2) is 5.84 Å². The maximum Gasteiger partial charge on any atom is 0.242 e. The van der Waals surface area contributed by atoms with Gasteiger partial charge >= 0.3 is 0 Å². The smallest absolute Gasteiger partial charge is 0.242 e. The van der Waals surface area contributed by atoms with Crippen molar-refractivity contribution >= 4 is 27.8 Å². The third kappa shape index (κ3) is 2.25. The number of hydrogen-bond donors (Lipinski definition) is 1. The minimum atomic E-state index is -3.51. The van der Waals surface area contributed by atoms with Crippen molar-refractivity contribution in [3.63, 3.8) is 0 Å². The van der Waals surface area contributed by atoms with Crippen LogP contribution in [0.4, 0.5) is 5.69 Å². The number of fused-ring (bicyclic) bond motifs is 1. The number of rotatable bonds is 3. The number of benzene rings is 1. The monoisotopic (exact) mass is 308 g/mol. The third-order valence-corrected chi connectivity index (χ3v) is 5.42. The highest BCUT2D eigenvalue weighted by atomic mass is 32.2. The summed E-state index contributed by atoms with van der Waals surface area (Å²) in [5, 5.41) is -0.990. The predicted octanol–water partition coefficient (Wildman–Crippen LogP) is 0.541. The van der Waals surface area contributed by atoms with E-state index in [4.69, 9.17) is 10.5 Å². The first-order valence-electron chi connectivity index (χ1n) is 6.43. The summed E-state index contributed by atoms with van der Waals surface area (Å²) in [5.74, 6) is 0.370. The fourth-order valence-electron chi connectivity index (χ4n) is 2.34. The average Bonchev–Trinajstić information content (AvgIpc) is 3.05. The first-order valence-corrected chi connectivity index (χ1v) is 7.93. The average molecular weight is 308 g/mol. The predicted molar refractivity (Wildman–Crippen MR) is 80.7 cm³/mol. The second-order valence-electron chi connectivity index (χ2n) is 5.09. The van der Waals surface area contributed by atoms with Crippen LogP contribution in [-0.4, -0.2) is 44.2 Å². The molecule has 2 unspecified atom stereocenters. The molecule has 0 saturated heterocycles. The van der Waals surface area contributed by atoms with Gasteiger partial charge in [0.1, 0.15) is 6.10 Å². The van der Waals surface area contributed by atoms with Gasteiger partial charge in [-0.25, -0.2) is 22.7 Å². The Hall–Kier alpha value is -1.77. The van der Waals surface area contributed by atoms with Crippen LogP contribution in [0.3, 0.4) is 0 Å². The van der Waals surface area contributed by atoms with Gasteiger partial charge in [0.25, 0.3) is 0 Å². The Morgan fingerprint density at radius 1 is 1.38 bits per heavy atom. The minimum absolute atomic E-state index is 0.370. The number of amidine groups is 1. The summed E-state index contributed by atoms with van der Waals surface area (Å²) in [5.41, 5.74) is 8.38. The van der Waals surface area contributed by atoms with Crippen LogP contribution in [-0.2, 0) is 21.4 Å². The zero-order valence-electron chi connectivity index (χ0n) is 11.7. The summed E-state index contributed by atoms with van der Waals surface area (Å²) < 4.78 is 30.9. The lowest BCUT2D eigenvalue weighted by Gasteiger charge is -2.13. The maximum absolute atomic E-state index is 12.1. The van der Waals surface area contributed by atoms with Crippen LogP contribution in [0.15, 0.2) is 28.2 Å². The van der Waals surface area contributed by atoms with E-state index in [-0.39, 0.29) is 0 Å². The molecule has 1 aromatic carbocycles. The van der Waals surface area contributed by atoms with Gasteiger partial charge in [-0.1, -0.05) is 12.1 Å². The number of anilines is 1. The van der Waals surface area contributed by atoms with Gasteiger partial charge in [0.05, 0.1) is 6.61 Å². The lowest BCUT2D eigenvalue weighted by atomic mass is 10.0. The molecule has 0 radical (unpaired) electrons. The Kier molecular flexibility index (Phi) is 3.31. The molecule has 0 saturated carbocycles. The number of nitrogens with two attached hydrogens (primary N) is 1. The molecule has 112 valence electrons. The van der Waals surface area contributed by atoms with Crippen molar-refractivity contribution in [1.82, 2.24) is 4.31 Å². The molecule has 1 aromatic rings. The zero-order valence-corrected chi connectivity index (χ0v) is 12.5. The van der Waals surface area contributed by atoms with E-state index < -0.39 is 21.5 Å². The molecule has 0 spiro atoms. The maximum atomic E-state index is 12.1. The first kappa shape index (κ1) is 14.2. The molecule has 7 nitrogen and oxygen atoms in total. The molecule has 0 amide bonds. The number of nitrogen functional groups attached to an aromatic ring is 1. The summed E-state index contributed by atoms with van der Waals surface area (Å²) in [6, 6.07) is 5.54. The lowest BCUT2D eigenvalue weighted by molar-refractivity contribution is 0.111. The highest BCUT2D eigenvalue weighted by molar-refractivity contribution is 7.90. The summed E-state index contributed by atoms with van der Waals surface area (Å²) in [7, 11) is -0.566. The van der Waals surface area contributed by atoms with E-state index in [0.717, 1.165) is 15.4 Å². The Labute approximate surface area is 123 Å². The van der Waals surface area contributed by atoms with Crippen LogP contribution in [0.5, 0.6) is 0 Å². The van der Waals surface area contributed by atoms with Crippen LogP contribution in [0.2, 0.25) is 0 Å². The molecule has 0 fully saturated rings. The van der Waals surface area contributed by atoms with Crippen molar-refractivity contribution in [1.29, 1.82) is 0 Å². The van der Waals surface area contributed by atoms with Gasteiger partial charge in [0, 0.05) is 31.6 Å². The van der Waals surface area contributed by atoms with E-state index in [0.29, 0.717) is 18.1 Å². The summed E-state index contributed by atoms with van der Waals surface area (Å²) in [4.78, 5) is 8.32. The van der Waals surface area contributed by atoms with E-state index in [1.165, 1.54) is 20.3 Å². The zero-order chi connectivity index (χ0) is 15.2. The van der Waals surface area contributed by atoms with Crippen molar-refractivity contribution < 1.29 is 13.2 Å². The van der Waals surface area contributed by atoms with Gasteiger partial charge in [-0.15, -0.1) is 0 Å². The number of aliphatic imine (C=N–C) groups is 2. The number of nitrogens with zero attached hydrogens (tertiary/aromatic N) is 3. The molecule has 21 heavy (non-hydrogen) atoms. The van der Waals surface area contributed by atoms with Gasteiger partial charge in [-0.05, 0) is 11.6 Å². The summed E-state index contributed by atoms with van der Waals surface area (Å²) in [6.45, 7) is 0.381. The van der Waals surface area contributed by atoms with E-state index >= 15 is 0 Å². The second kappa shape index (κ2) is 4.90. The Morgan fingerprint density at radius 3 is 2.86 bits per heavy atom. The summed E-state index contributed by atoms with van der Waals surface area (Å²) in [6.07, 6.45) is 0.875.